The molecule has 1 aromatic heterocycles. The molecule has 17 nitrogen and oxygen atoms in total. The molecular weight excluding hydrogens is 545 g/mol. The van der Waals surface area contributed by atoms with Gasteiger partial charge in [-0.1, -0.05) is 11.8 Å². The summed E-state index contributed by atoms with van der Waals surface area (Å²) in [4.78, 5) is 51.9. The molecule has 21 heteroatoms. The molecule has 34 heavy (non-hydrogen) atoms. The van der Waals surface area contributed by atoms with Gasteiger partial charge in [0.25, 0.3) is 0 Å². The maximum absolute atomic E-state index is 12.3. The van der Waals surface area contributed by atoms with Crippen LogP contribution in [-0.4, -0.2) is 60.4 Å². The zero-order valence-corrected chi connectivity index (χ0v) is 20.5. The largest absolute Gasteiger partial charge is 0.490 e. The maximum atomic E-state index is 12.3. The molecule has 0 spiro atoms. The lowest BCUT2D eigenvalue weighted by Gasteiger charge is -2.20. The Morgan fingerprint density at radius 1 is 1.24 bits per heavy atom. The third-order valence-corrected chi connectivity index (χ3v) is 7.86. The van der Waals surface area contributed by atoms with Crippen LogP contribution in [0.15, 0.2) is 11.0 Å². The number of phosphoric acid groups is 3. The Morgan fingerprint density at radius 2 is 1.91 bits per heavy atom. The summed E-state index contributed by atoms with van der Waals surface area (Å²) in [5.41, 5.74) is 10.4. The van der Waals surface area contributed by atoms with E-state index in [2.05, 4.69) is 42.6 Å². The summed E-state index contributed by atoms with van der Waals surface area (Å²) in [5.74, 6) is 4.96. The Balaban J connectivity index is 2.17. The zero-order chi connectivity index (χ0) is 25.7. The predicted molar refractivity (Wildman–Crippen MR) is 116 cm³/mol. The van der Waals surface area contributed by atoms with Gasteiger partial charge in [0.1, 0.15) is 18.1 Å². The second-order valence-corrected chi connectivity index (χ2v) is 11.0. The fourth-order valence-electron chi connectivity index (χ4n) is 2.69. The molecule has 5 atom stereocenters. The summed E-state index contributed by atoms with van der Waals surface area (Å²) >= 11 is 3.93. The fraction of sp³-hybridized carbons (Fsp3) is 0.538. The van der Waals surface area contributed by atoms with Crippen molar-refractivity contribution in [2.45, 2.75) is 24.9 Å². The first-order valence-electron chi connectivity index (χ1n) is 8.90. The standard InChI is InChI=1S/C13H21N4O13P3S/c14-3-1-2-8-5-17(13(18)16-12(8)15)11-4-9(26-7-34)10(28-11)6-27-32(22,23)30-33(24,25)29-31(19,20)21/h5,9-11,34H,3-4,6-7,14H2,(H,22,23)(H,24,25)(H2,15,16,18)(H2,19,20,21)/t9-,10-,11-/m1/s1. The molecule has 0 aliphatic carbocycles. The number of hydrogen-bond acceptors (Lipinski definition) is 13. The molecule has 1 fully saturated rings. The fourth-order valence-corrected chi connectivity index (χ4v) is 5.91. The van der Waals surface area contributed by atoms with E-state index in [0.717, 1.165) is 4.57 Å². The number of ether oxygens (including phenoxy) is 2. The van der Waals surface area contributed by atoms with Crippen LogP contribution in [0, 0.1) is 11.8 Å². The van der Waals surface area contributed by atoms with Crippen LogP contribution in [0.5, 0.6) is 0 Å². The summed E-state index contributed by atoms with van der Waals surface area (Å²) in [6.45, 7) is -0.755. The lowest BCUT2D eigenvalue weighted by Crippen LogP contribution is -2.29. The molecule has 1 aromatic rings. The smallest absolute Gasteiger partial charge is 0.382 e. The van der Waals surface area contributed by atoms with Gasteiger partial charge in [0.15, 0.2) is 0 Å². The van der Waals surface area contributed by atoms with Gasteiger partial charge in [-0.05, 0) is 0 Å². The van der Waals surface area contributed by atoms with Gasteiger partial charge in [-0.25, -0.2) is 18.5 Å². The monoisotopic (exact) mass is 566 g/mol. The Kier molecular flexibility index (Phi) is 10.1. The van der Waals surface area contributed by atoms with Crippen molar-refractivity contribution in [2.24, 2.45) is 5.73 Å². The minimum absolute atomic E-state index is 0.0141. The van der Waals surface area contributed by atoms with Crippen molar-refractivity contribution >= 4 is 41.9 Å². The van der Waals surface area contributed by atoms with E-state index in [9.17, 15) is 28.3 Å². The van der Waals surface area contributed by atoms with Crippen molar-refractivity contribution in [3.05, 3.63) is 22.2 Å². The van der Waals surface area contributed by atoms with E-state index in [4.69, 9.17) is 30.7 Å². The summed E-state index contributed by atoms with van der Waals surface area (Å²) in [6, 6.07) is 0. The average Bonchev–Trinajstić information content (AvgIpc) is 3.06. The Morgan fingerprint density at radius 3 is 2.50 bits per heavy atom. The molecule has 2 heterocycles. The van der Waals surface area contributed by atoms with Crippen LogP contribution in [0.2, 0.25) is 0 Å². The molecule has 0 bridgehead atoms. The van der Waals surface area contributed by atoms with Gasteiger partial charge >= 0.3 is 29.2 Å². The number of phosphoric ester groups is 1. The first-order valence-corrected chi connectivity index (χ1v) is 14.1. The Labute approximate surface area is 197 Å². The SMILES string of the molecule is NCC#Cc1cn([C@H]2C[C@@H](OCS)[C@@H](COP(=O)(O)OP(=O)(O)OP(=O)(O)O)O2)c(=O)nc1N. The van der Waals surface area contributed by atoms with Crippen LogP contribution >= 0.6 is 36.1 Å². The zero-order valence-electron chi connectivity index (χ0n) is 16.9. The third-order valence-electron chi connectivity index (χ3n) is 3.90. The van der Waals surface area contributed by atoms with Crippen LogP contribution < -0.4 is 17.2 Å². The highest BCUT2D eigenvalue weighted by atomic mass is 32.1. The summed E-state index contributed by atoms with van der Waals surface area (Å²) in [5, 5.41) is 0. The molecule has 2 unspecified atom stereocenters. The summed E-state index contributed by atoms with van der Waals surface area (Å²) in [7, 11) is -16.6. The molecule has 192 valence electrons. The van der Waals surface area contributed by atoms with E-state index in [1.54, 1.807) is 0 Å². The van der Waals surface area contributed by atoms with Crippen LogP contribution in [0.25, 0.3) is 0 Å². The van der Waals surface area contributed by atoms with E-state index in [1.807, 2.05) is 0 Å². The first-order chi connectivity index (χ1) is 15.7. The average molecular weight is 566 g/mol. The van der Waals surface area contributed by atoms with Crippen LogP contribution in [0.4, 0.5) is 5.82 Å². The molecule has 1 aliphatic rings. The van der Waals surface area contributed by atoms with E-state index in [1.165, 1.54) is 6.20 Å². The molecule has 0 radical (unpaired) electrons. The number of hydrogen-bond donors (Lipinski definition) is 7. The van der Waals surface area contributed by atoms with Crippen molar-refractivity contribution in [1.29, 1.82) is 0 Å². The number of nitrogen functional groups attached to an aromatic ring is 1. The van der Waals surface area contributed by atoms with Crippen molar-refractivity contribution in [2.75, 3.05) is 24.8 Å². The minimum Gasteiger partial charge on any atom is -0.382 e. The minimum atomic E-state index is -5.68. The molecule has 1 aliphatic heterocycles. The van der Waals surface area contributed by atoms with Gasteiger partial charge in [0.05, 0.1) is 30.8 Å². The number of rotatable bonds is 10. The van der Waals surface area contributed by atoms with Crippen molar-refractivity contribution in [3.63, 3.8) is 0 Å². The van der Waals surface area contributed by atoms with Crippen LogP contribution in [-0.2, 0) is 36.3 Å². The van der Waals surface area contributed by atoms with Crippen LogP contribution in [0.1, 0.15) is 18.2 Å². The Hall–Kier alpha value is -1.12. The summed E-state index contributed by atoms with van der Waals surface area (Å²) in [6.07, 6.45) is -1.71. The van der Waals surface area contributed by atoms with Gasteiger partial charge < -0.3 is 40.5 Å². The van der Waals surface area contributed by atoms with Crippen molar-refractivity contribution in [3.8, 4) is 11.8 Å². The van der Waals surface area contributed by atoms with Gasteiger partial charge in [0, 0.05) is 12.6 Å². The molecule has 0 aromatic carbocycles. The molecule has 8 N–H and O–H groups in total. The molecule has 2 rings (SSSR count). The Bertz CT molecular complexity index is 1150. The van der Waals surface area contributed by atoms with Crippen molar-refractivity contribution in [1.82, 2.24) is 9.55 Å². The quantitative estimate of drug-likeness (QED) is 0.0778. The van der Waals surface area contributed by atoms with Gasteiger partial charge in [-0.15, -0.1) is 0 Å². The number of nitrogens with zero attached hydrogens (tertiary/aromatic N) is 2. The van der Waals surface area contributed by atoms with Gasteiger partial charge in [-0.2, -0.15) is 26.2 Å². The molecule has 0 amide bonds. The second-order valence-electron chi connectivity index (χ2n) is 6.32. The lowest BCUT2D eigenvalue weighted by atomic mass is 10.2. The topological polar surface area (TPSA) is 265 Å². The number of aromatic nitrogens is 2. The van der Waals surface area contributed by atoms with Crippen LogP contribution in [0.3, 0.4) is 0 Å². The molecular formula is C13H21N4O13P3S. The summed E-state index contributed by atoms with van der Waals surface area (Å²) < 4.78 is 58.0. The first kappa shape index (κ1) is 29.1. The van der Waals surface area contributed by atoms with E-state index < -0.39 is 54.2 Å². The highest BCUT2D eigenvalue weighted by Gasteiger charge is 2.43. The second kappa shape index (κ2) is 11.7. The van der Waals surface area contributed by atoms with E-state index in [0.29, 0.717) is 0 Å². The normalized spacial score (nSPS) is 24.1. The van der Waals surface area contributed by atoms with E-state index in [-0.39, 0.29) is 30.3 Å². The number of anilines is 1. The predicted octanol–water partition coefficient (Wildman–Crippen LogP) is -0.961. The molecule has 1 saturated heterocycles. The molecule has 0 saturated carbocycles. The number of thiol groups is 1. The van der Waals surface area contributed by atoms with Crippen molar-refractivity contribution < 1.29 is 55.9 Å². The van der Waals surface area contributed by atoms with E-state index >= 15 is 0 Å². The maximum Gasteiger partial charge on any atom is 0.490 e. The van der Waals surface area contributed by atoms with Gasteiger partial charge in [-0.3, -0.25) is 9.09 Å². The van der Waals surface area contributed by atoms with Gasteiger partial charge in [0.2, 0.25) is 0 Å². The highest BCUT2D eigenvalue weighted by molar-refractivity contribution is 7.80. The number of nitrogens with two attached hydrogens (primary N) is 2. The third kappa shape index (κ3) is 8.83. The lowest BCUT2D eigenvalue weighted by molar-refractivity contribution is -0.0542. The highest BCUT2D eigenvalue weighted by Crippen LogP contribution is 2.66.